The molecule has 0 fully saturated rings. The molecule has 0 aromatic carbocycles. The Labute approximate surface area is 167 Å². The molecule has 0 aromatic heterocycles. The Morgan fingerprint density at radius 3 is 1.10 bits per heavy atom. The van der Waals surface area contributed by atoms with Gasteiger partial charge >= 0.3 is 41.7 Å². The van der Waals surface area contributed by atoms with Gasteiger partial charge in [0.15, 0.2) is 0 Å². The molecule has 176 valence electrons. The van der Waals surface area contributed by atoms with Crippen LogP contribution in [0, 0.1) is 5.92 Å². The maximum absolute atomic E-state index is 14.0. The first kappa shape index (κ1) is 28.7. The number of halogens is 16. The monoisotopic (exact) mass is 580 g/mol. The van der Waals surface area contributed by atoms with Crippen LogP contribution in [0.5, 0.6) is 0 Å². The molecule has 2 atom stereocenters. The van der Waals surface area contributed by atoms with Gasteiger partial charge in [0, 0.05) is 9.84 Å². The van der Waals surface area contributed by atoms with Crippen molar-refractivity contribution in [3.63, 3.8) is 0 Å². The molecule has 0 aliphatic heterocycles. The van der Waals surface area contributed by atoms with Crippen molar-refractivity contribution in [3.8, 4) is 0 Å². The van der Waals surface area contributed by atoms with Crippen molar-refractivity contribution in [1.82, 2.24) is 0 Å². The first-order valence-corrected chi connectivity index (χ1v) is 8.65. The smallest absolute Gasteiger partial charge is 0.199 e. The van der Waals surface area contributed by atoms with Crippen LogP contribution in [0.4, 0.5) is 65.9 Å². The molecule has 0 saturated heterocycles. The zero-order valence-corrected chi connectivity index (χ0v) is 16.3. The van der Waals surface area contributed by atoms with Crippen LogP contribution in [0.2, 0.25) is 0 Å². The summed E-state index contributed by atoms with van der Waals surface area (Å²) in [4.78, 5) is 0. The Balaban J connectivity index is 6.64. The Morgan fingerprint density at radius 1 is 0.517 bits per heavy atom. The molecule has 0 aliphatic rings. The normalized spacial score (nSPS) is 18.0. The highest BCUT2D eigenvalue weighted by Gasteiger charge is 2.93. The van der Waals surface area contributed by atoms with E-state index >= 15 is 0 Å². The molecule has 0 saturated carbocycles. The lowest BCUT2D eigenvalue weighted by Gasteiger charge is -2.43. The Hall–Kier alpha value is -0.320. The second kappa shape index (κ2) is 7.98. The lowest BCUT2D eigenvalue weighted by molar-refractivity contribution is -0.454. The number of alkyl halides is 16. The molecule has 0 aromatic rings. The fourth-order valence-corrected chi connectivity index (χ4v) is 3.20. The maximum Gasteiger partial charge on any atom is 0.460 e. The number of rotatable bonds is 9. The van der Waals surface area contributed by atoms with Crippen LogP contribution in [0.3, 0.4) is 0 Å². The van der Waals surface area contributed by atoms with Gasteiger partial charge in [-0.15, -0.1) is 0 Å². The van der Waals surface area contributed by atoms with Gasteiger partial charge in [0.05, 0.1) is 0 Å². The predicted octanol–water partition coefficient (Wildman–Crippen LogP) is 7.60. The Bertz CT molecular complexity index is 565. The molecule has 0 aliphatic carbocycles. The lowest BCUT2D eigenvalue weighted by Crippen LogP contribution is -2.73. The minimum Gasteiger partial charge on any atom is -0.199 e. The van der Waals surface area contributed by atoms with Gasteiger partial charge in [0.1, 0.15) is 0 Å². The summed E-state index contributed by atoms with van der Waals surface area (Å²) >= 11 is 1.06. The molecule has 0 heterocycles. The van der Waals surface area contributed by atoms with E-state index in [0.717, 1.165) is 36.4 Å². The van der Waals surface area contributed by atoms with Gasteiger partial charge < -0.3 is 0 Å². The van der Waals surface area contributed by atoms with Crippen molar-refractivity contribution in [2.75, 3.05) is 0 Å². The van der Waals surface area contributed by atoms with E-state index in [0.29, 0.717) is 0 Å². The molecule has 0 spiro atoms. The average Bonchev–Trinajstić information content (AvgIpc) is 2.52. The van der Waals surface area contributed by atoms with Crippen molar-refractivity contribution in [2.45, 2.75) is 72.3 Å². The van der Waals surface area contributed by atoms with Gasteiger partial charge in [0.25, 0.3) is 0 Å². The largest absolute Gasteiger partial charge is 0.460 e. The number of hydrogen-bond donors (Lipinski definition) is 0. The Kier molecular flexibility index (Phi) is 7.90. The summed E-state index contributed by atoms with van der Waals surface area (Å²) in [6, 6.07) is 0. The van der Waals surface area contributed by atoms with Gasteiger partial charge in [0.2, 0.25) is 0 Å². The molecule has 0 rings (SSSR count). The van der Waals surface area contributed by atoms with Gasteiger partial charge in [-0.2, -0.15) is 65.9 Å². The second-order valence-electron chi connectivity index (χ2n) is 5.93. The molecule has 0 radical (unpaired) electrons. The zero-order chi connectivity index (χ0) is 24.1. The fourth-order valence-electron chi connectivity index (χ4n) is 2.24. The molecule has 0 nitrogen and oxygen atoms in total. The summed E-state index contributed by atoms with van der Waals surface area (Å²) in [6.07, 6.45) is -9.06. The molecular formula is C13H12F15I. The molecule has 0 N–H and O–H groups in total. The zero-order valence-electron chi connectivity index (χ0n) is 14.1. The van der Waals surface area contributed by atoms with E-state index in [1.807, 2.05) is 0 Å². The molecule has 29 heavy (non-hydrogen) atoms. The molecular weight excluding hydrogens is 568 g/mol. The summed E-state index contributed by atoms with van der Waals surface area (Å²) in [5.41, 5.74) is 0. The predicted molar refractivity (Wildman–Crippen MR) is 77.6 cm³/mol. The van der Waals surface area contributed by atoms with Crippen molar-refractivity contribution in [3.05, 3.63) is 0 Å². The first-order chi connectivity index (χ1) is 12.4. The topological polar surface area (TPSA) is 0 Å². The average molecular weight is 580 g/mol. The van der Waals surface area contributed by atoms with Crippen molar-refractivity contribution in [1.29, 1.82) is 0 Å². The minimum atomic E-state index is -8.22. The van der Waals surface area contributed by atoms with Crippen molar-refractivity contribution >= 4 is 22.6 Å². The highest BCUT2D eigenvalue weighted by Crippen LogP contribution is 2.63. The van der Waals surface area contributed by atoms with E-state index in [4.69, 9.17) is 0 Å². The van der Waals surface area contributed by atoms with Crippen LogP contribution < -0.4 is 0 Å². The van der Waals surface area contributed by atoms with E-state index in [2.05, 4.69) is 0 Å². The fraction of sp³-hybridized carbons (Fsp3) is 1.00. The van der Waals surface area contributed by atoms with Crippen molar-refractivity contribution < 1.29 is 65.9 Å². The maximum atomic E-state index is 14.0. The minimum absolute atomic E-state index is 0.408. The lowest BCUT2D eigenvalue weighted by atomic mass is 9.83. The summed E-state index contributed by atoms with van der Waals surface area (Å²) in [5, 5.41) is 0. The quantitative estimate of drug-likeness (QED) is 0.150. The third-order valence-electron chi connectivity index (χ3n) is 4.08. The van der Waals surface area contributed by atoms with Gasteiger partial charge in [-0.3, -0.25) is 0 Å². The van der Waals surface area contributed by atoms with E-state index in [1.54, 1.807) is 0 Å². The van der Waals surface area contributed by atoms with Crippen LogP contribution in [0.15, 0.2) is 0 Å². The van der Waals surface area contributed by atoms with Gasteiger partial charge in [-0.1, -0.05) is 36.4 Å². The van der Waals surface area contributed by atoms with Crippen molar-refractivity contribution in [2.24, 2.45) is 5.92 Å². The van der Waals surface area contributed by atoms with Crippen LogP contribution in [0.25, 0.3) is 0 Å². The Morgan fingerprint density at radius 2 is 0.828 bits per heavy atom. The van der Waals surface area contributed by atoms with Crippen LogP contribution in [-0.4, -0.2) is 45.6 Å². The third-order valence-corrected chi connectivity index (χ3v) is 5.83. The molecule has 0 amide bonds. The highest BCUT2D eigenvalue weighted by atomic mass is 127. The summed E-state index contributed by atoms with van der Waals surface area (Å²) < 4.78 is 196. The highest BCUT2D eigenvalue weighted by molar-refractivity contribution is 14.1. The second-order valence-corrected chi connectivity index (χ2v) is 7.53. The summed E-state index contributed by atoms with van der Waals surface area (Å²) in [7, 11) is 0. The molecule has 0 bridgehead atoms. The third kappa shape index (κ3) is 3.99. The molecule has 2 unspecified atom stereocenters. The van der Waals surface area contributed by atoms with E-state index in [1.165, 1.54) is 0 Å². The summed E-state index contributed by atoms with van der Waals surface area (Å²) in [5.74, 6) is -48.8. The van der Waals surface area contributed by atoms with Crippen LogP contribution >= 0.6 is 22.6 Å². The molecule has 16 heteroatoms. The van der Waals surface area contributed by atoms with Gasteiger partial charge in [-0.25, -0.2) is 0 Å². The van der Waals surface area contributed by atoms with E-state index in [-0.39, 0.29) is 0 Å². The standard InChI is InChI=1S/C13H12F15I/c1-3-5(6(29)4-2)7(14,15)8(16,17)9(18,19)10(20,21)11(22,23)12(24,25)13(26,27)28/h5-6H,3-4H2,1-2H3. The van der Waals surface area contributed by atoms with Gasteiger partial charge in [-0.05, 0) is 12.8 Å². The van der Waals surface area contributed by atoms with Crippen LogP contribution in [0.1, 0.15) is 26.7 Å². The van der Waals surface area contributed by atoms with E-state index < -0.39 is 64.4 Å². The van der Waals surface area contributed by atoms with E-state index in [9.17, 15) is 65.9 Å². The first-order valence-electron chi connectivity index (χ1n) is 7.41. The number of hydrogen-bond acceptors (Lipinski definition) is 0. The van der Waals surface area contributed by atoms with Crippen LogP contribution in [-0.2, 0) is 0 Å². The SMILES string of the molecule is CCC(I)C(CC)C(F)(F)C(F)(F)C(F)(F)C(F)(F)C(F)(F)C(F)(F)C(F)(F)F. The summed E-state index contributed by atoms with van der Waals surface area (Å²) in [6.45, 7) is 1.83.